The summed E-state index contributed by atoms with van der Waals surface area (Å²) in [5.74, 6) is 0.776. The minimum Gasteiger partial charge on any atom is -0.383 e. The summed E-state index contributed by atoms with van der Waals surface area (Å²) in [7, 11) is 5.96. The molecule has 0 unspecified atom stereocenters. The number of hydrogen-bond acceptors (Lipinski definition) is 3. The molecule has 0 aliphatic carbocycles. The van der Waals surface area contributed by atoms with Gasteiger partial charge in [0.25, 0.3) is 0 Å². The lowest BCUT2D eigenvalue weighted by Crippen LogP contribution is -2.43. The van der Waals surface area contributed by atoms with Gasteiger partial charge in [0.05, 0.1) is 6.61 Å². The van der Waals surface area contributed by atoms with Gasteiger partial charge in [-0.3, -0.25) is 0 Å². The van der Waals surface area contributed by atoms with Crippen LogP contribution in [-0.2, 0) is 4.74 Å². The van der Waals surface area contributed by atoms with Crippen LogP contribution in [0.5, 0.6) is 0 Å². The van der Waals surface area contributed by atoms with E-state index in [0.717, 1.165) is 24.1 Å². The first kappa shape index (κ1) is 14.7. The van der Waals surface area contributed by atoms with Gasteiger partial charge in [0.15, 0.2) is 5.11 Å². The molecule has 0 saturated carbocycles. The molecule has 1 rings (SSSR count). The van der Waals surface area contributed by atoms with Gasteiger partial charge in [0, 0.05) is 27.2 Å². The van der Waals surface area contributed by atoms with Crippen LogP contribution in [0.25, 0.3) is 0 Å². The van der Waals surface area contributed by atoms with E-state index < -0.39 is 0 Å². The fourth-order valence-corrected chi connectivity index (χ4v) is 2.29. The maximum absolute atomic E-state index is 5.33. The monoisotopic (exact) mass is 259 g/mol. The van der Waals surface area contributed by atoms with Crippen LogP contribution in [0.4, 0.5) is 0 Å². The van der Waals surface area contributed by atoms with E-state index in [4.69, 9.17) is 17.0 Å². The van der Waals surface area contributed by atoms with E-state index in [0.29, 0.717) is 6.61 Å². The van der Waals surface area contributed by atoms with Crippen LogP contribution in [-0.4, -0.2) is 68.9 Å². The number of methoxy groups -OCH3 is 1. The summed E-state index contributed by atoms with van der Waals surface area (Å²) in [6.07, 6.45) is 2.56. The number of ether oxygens (including phenoxy) is 1. The largest absolute Gasteiger partial charge is 0.383 e. The van der Waals surface area contributed by atoms with Crippen LogP contribution < -0.4 is 5.32 Å². The highest BCUT2D eigenvalue weighted by Crippen LogP contribution is 2.16. The molecule has 100 valence electrons. The van der Waals surface area contributed by atoms with Crippen molar-refractivity contribution in [2.45, 2.75) is 12.8 Å². The van der Waals surface area contributed by atoms with Gasteiger partial charge < -0.3 is 19.9 Å². The van der Waals surface area contributed by atoms with Gasteiger partial charge in [-0.05, 0) is 51.1 Å². The highest BCUT2D eigenvalue weighted by atomic mass is 32.1. The minimum absolute atomic E-state index is 0.697. The molecule has 0 radical (unpaired) electrons. The summed E-state index contributed by atoms with van der Waals surface area (Å²) >= 11 is 5.33. The van der Waals surface area contributed by atoms with Gasteiger partial charge in [0.1, 0.15) is 0 Å². The lowest BCUT2D eigenvalue weighted by atomic mass is 9.97. The molecule has 5 heteroatoms. The van der Waals surface area contributed by atoms with Crippen LogP contribution >= 0.6 is 12.2 Å². The van der Waals surface area contributed by atoms with Crippen molar-refractivity contribution >= 4 is 17.3 Å². The first-order valence-corrected chi connectivity index (χ1v) is 6.70. The third-order valence-corrected chi connectivity index (χ3v) is 3.76. The maximum atomic E-state index is 5.33. The van der Waals surface area contributed by atoms with Gasteiger partial charge in [-0.2, -0.15) is 0 Å². The molecule has 1 aliphatic heterocycles. The second kappa shape index (κ2) is 7.84. The van der Waals surface area contributed by atoms with E-state index >= 15 is 0 Å². The number of thiocarbonyl (C=S) groups is 1. The summed E-state index contributed by atoms with van der Waals surface area (Å²) in [6.45, 7) is 4.96. The van der Waals surface area contributed by atoms with E-state index in [-0.39, 0.29) is 0 Å². The molecule has 1 N–H and O–H groups in total. The summed E-state index contributed by atoms with van der Waals surface area (Å²) in [5, 5.41) is 4.04. The number of nitrogens with zero attached hydrogens (tertiary/aromatic N) is 2. The number of hydrogen-bond donors (Lipinski definition) is 1. The highest BCUT2D eigenvalue weighted by Gasteiger charge is 2.18. The van der Waals surface area contributed by atoms with Gasteiger partial charge >= 0.3 is 0 Å². The summed E-state index contributed by atoms with van der Waals surface area (Å²) < 4.78 is 4.99. The normalized spacial score (nSPS) is 18.1. The average molecular weight is 259 g/mol. The second-order valence-electron chi connectivity index (χ2n) is 4.85. The zero-order chi connectivity index (χ0) is 12.7. The Hall–Kier alpha value is -0.390. The molecule has 0 aromatic rings. The van der Waals surface area contributed by atoms with Crippen LogP contribution in [0.1, 0.15) is 12.8 Å². The first-order chi connectivity index (χ1) is 8.13. The Morgan fingerprint density at radius 1 is 1.47 bits per heavy atom. The molecule has 0 spiro atoms. The van der Waals surface area contributed by atoms with Crippen LogP contribution in [0.3, 0.4) is 0 Å². The second-order valence-corrected chi connectivity index (χ2v) is 5.24. The Labute approximate surface area is 110 Å². The number of nitrogens with one attached hydrogen (secondary N) is 1. The van der Waals surface area contributed by atoms with Gasteiger partial charge in [-0.1, -0.05) is 0 Å². The Morgan fingerprint density at radius 2 is 2.12 bits per heavy atom. The molecular formula is C12H25N3OS. The predicted molar refractivity (Wildman–Crippen MR) is 75.3 cm³/mol. The van der Waals surface area contributed by atoms with Crippen molar-refractivity contribution in [3.63, 3.8) is 0 Å². The summed E-state index contributed by atoms with van der Waals surface area (Å²) in [4.78, 5) is 4.55. The van der Waals surface area contributed by atoms with Crippen molar-refractivity contribution < 1.29 is 4.74 Å². The standard InChI is InChI=1S/C12H25N3OS/c1-14-7-4-11(5-8-14)10-15(2)12(17)13-6-9-16-3/h11H,4-10H2,1-3H3,(H,13,17). The van der Waals surface area contributed by atoms with E-state index in [1.165, 1.54) is 25.9 Å². The Balaban J connectivity index is 2.19. The molecule has 0 amide bonds. The average Bonchev–Trinajstić information content (AvgIpc) is 2.32. The predicted octanol–water partition coefficient (Wildman–Crippen LogP) is 0.781. The zero-order valence-electron chi connectivity index (χ0n) is 11.2. The summed E-state index contributed by atoms with van der Waals surface area (Å²) in [6, 6.07) is 0. The Bertz CT molecular complexity index is 230. The minimum atomic E-state index is 0.697. The molecule has 1 aliphatic rings. The van der Waals surface area contributed by atoms with Crippen molar-refractivity contribution in [3.8, 4) is 0 Å². The summed E-state index contributed by atoms with van der Waals surface area (Å²) in [5.41, 5.74) is 0. The molecule has 0 bridgehead atoms. The van der Waals surface area contributed by atoms with Gasteiger partial charge in [-0.15, -0.1) is 0 Å². The van der Waals surface area contributed by atoms with E-state index in [1.54, 1.807) is 7.11 Å². The van der Waals surface area contributed by atoms with Crippen LogP contribution in [0, 0.1) is 5.92 Å². The molecule has 4 nitrogen and oxygen atoms in total. The van der Waals surface area contributed by atoms with Crippen molar-refractivity contribution in [1.82, 2.24) is 15.1 Å². The van der Waals surface area contributed by atoms with E-state index in [2.05, 4.69) is 29.2 Å². The smallest absolute Gasteiger partial charge is 0.168 e. The van der Waals surface area contributed by atoms with Crippen molar-refractivity contribution in [2.24, 2.45) is 5.92 Å². The zero-order valence-corrected chi connectivity index (χ0v) is 12.1. The third kappa shape index (κ3) is 5.66. The molecule has 1 saturated heterocycles. The van der Waals surface area contributed by atoms with Gasteiger partial charge in [-0.25, -0.2) is 0 Å². The van der Waals surface area contributed by atoms with Crippen molar-refractivity contribution in [1.29, 1.82) is 0 Å². The molecule has 0 atom stereocenters. The molecule has 1 heterocycles. The molecule has 0 aromatic heterocycles. The SMILES string of the molecule is COCCNC(=S)N(C)CC1CCN(C)CC1. The fraction of sp³-hybridized carbons (Fsp3) is 0.917. The van der Waals surface area contributed by atoms with Crippen molar-refractivity contribution in [3.05, 3.63) is 0 Å². The number of rotatable bonds is 5. The lowest BCUT2D eigenvalue weighted by molar-refractivity contribution is 0.195. The quantitative estimate of drug-likeness (QED) is 0.582. The molecule has 0 aromatic carbocycles. The molecule has 1 fully saturated rings. The van der Waals surface area contributed by atoms with E-state index in [9.17, 15) is 0 Å². The fourth-order valence-electron chi connectivity index (χ4n) is 2.11. The molecular weight excluding hydrogens is 234 g/mol. The van der Waals surface area contributed by atoms with Crippen molar-refractivity contribution in [2.75, 3.05) is 54.0 Å². The number of piperidine rings is 1. The van der Waals surface area contributed by atoms with E-state index in [1.807, 2.05) is 0 Å². The first-order valence-electron chi connectivity index (χ1n) is 6.30. The topological polar surface area (TPSA) is 27.7 Å². The molecule has 17 heavy (non-hydrogen) atoms. The Morgan fingerprint density at radius 3 is 2.71 bits per heavy atom. The Kier molecular flexibility index (Phi) is 6.77. The van der Waals surface area contributed by atoms with Crippen LogP contribution in [0.15, 0.2) is 0 Å². The third-order valence-electron chi connectivity index (χ3n) is 3.30. The van der Waals surface area contributed by atoms with Gasteiger partial charge in [0.2, 0.25) is 0 Å². The number of likely N-dealkylation sites (tertiary alicyclic amines) is 1. The highest BCUT2D eigenvalue weighted by molar-refractivity contribution is 7.80. The lowest BCUT2D eigenvalue weighted by Gasteiger charge is -2.32. The van der Waals surface area contributed by atoms with Crippen LogP contribution in [0.2, 0.25) is 0 Å². The maximum Gasteiger partial charge on any atom is 0.168 e.